The van der Waals surface area contributed by atoms with Gasteiger partial charge in [-0.2, -0.15) is 10.2 Å². The van der Waals surface area contributed by atoms with Gasteiger partial charge in [0.05, 0.1) is 6.20 Å². The summed E-state index contributed by atoms with van der Waals surface area (Å²) in [7, 11) is 1.91. The highest BCUT2D eigenvalue weighted by molar-refractivity contribution is 5.94. The summed E-state index contributed by atoms with van der Waals surface area (Å²) in [5.74, 6) is 0.695. The molecule has 6 nitrogen and oxygen atoms in total. The van der Waals surface area contributed by atoms with Gasteiger partial charge < -0.3 is 5.32 Å². The summed E-state index contributed by atoms with van der Waals surface area (Å²) in [6, 6.07) is 0. The number of anilines is 1. The molecule has 1 aliphatic heterocycles. The standard InChI is InChI=1S/C12H15N5O/c1-6-11-8(9-5-13-17(3)7(9)2)4-10(18)14-12(11)16-15-6/h5,8H,4H2,1-3H3,(H2,14,15,16,18). The van der Waals surface area contributed by atoms with E-state index in [-0.39, 0.29) is 11.8 Å². The molecule has 0 aliphatic carbocycles. The van der Waals surface area contributed by atoms with Crippen molar-refractivity contribution in [3.63, 3.8) is 0 Å². The van der Waals surface area contributed by atoms with E-state index < -0.39 is 0 Å². The van der Waals surface area contributed by atoms with Crippen molar-refractivity contribution in [1.82, 2.24) is 20.0 Å². The monoisotopic (exact) mass is 245 g/mol. The second-order valence-corrected chi connectivity index (χ2v) is 4.72. The lowest BCUT2D eigenvalue weighted by molar-refractivity contribution is -0.116. The number of rotatable bonds is 1. The Bertz CT molecular complexity index is 624. The van der Waals surface area contributed by atoms with Gasteiger partial charge in [-0.1, -0.05) is 0 Å². The molecular formula is C12H15N5O. The van der Waals surface area contributed by atoms with Crippen LogP contribution in [0.5, 0.6) is 0 Å². The molecule has 6 heteroatoms. The fraction of sp³-hybridized carbons (Fsp3) is 0.417. The van der Waals surface area contributed by atoms with Crippen molar-refractivity contribution in [1.29, 1.82) is 0 Å². The molecule has 2 aromatic heterocycles. The maximum atomic E-state index is 11.7. The fourth-order valence-corrected chi connectivity index (χ4v) is 2.55. The van der Waals surface area contributed by atoms with Gasteiger partial charge in [0.1, 0.15) is 0 Å². The topological polar surface area (TPSA) is 75.6 Å². The first-order chi connectivity index (χ1) is 8.58. The number of fused-ring (bicyclic) bond motifs is 1. The molecule has 0 spiro atoms. The molecule has 0 radical (unpaired) electrons. The van der Waals surface area contributed by atoms with Gasteiger partial charge in [-0.05, 0) is 13.8 Å². The van der Waals surface area contributed by atoms with Gasteiger partial charge in [-0.15, -0.1) is 0 Å². The lowest BCUT2D eigenvalue weighted by atomic mass is 9.86. The van der Waals surface area contributed by atoms with E-state index in [1.165, 1.54) is 0 Å². The second kappa shape index (κ2) is 3.69. The summed E-state index contributed by atoms with van der Waals surface area (Å²) in [5.41, 5.74) is 4.25. The fourth-order valence-electron chi connectivity index (χ4n) is 2.55. The van der Waals surface area contributed by atoms with Gasteiger partial charge in [0.15, 0.2) is 5.82 Å². The normalized spacial score (nSPS) is 18.6. The average molecular weight is 245 g/mol. The van der Waals surface area contributed by atoms with Crippen LogP contribution in [0.4, 0.5) is 5.82 Å². The minimum Gasteiger partial charge on any atom is -0.309 e. The average Bonchev–Trinajstić information content (AvgIpc) is 2.84. The number of amides is 1. The van der Waals surface area contributed by atoms with Gasteiger partial charge in [-0.3, -0.25) is 14.6 Å². The molecule has 1 amide bonds. The van der Waals surface area contributed by atoms with Gasteiger partial charge >= 0.3 is 0 Å². The largest absolute Gasteiger partial charge is 0.309 e. The number of aryl methyl sites for hydroxylation is 2. The number of hydrogen-bond acceptors (Lipinski definition) is 3. The summed E-state index contributed by atoms with van der Waals surface area (Å²) in [5, 5.41) is 14.1. The van der Waals surface area contributed by atoms with E-state index in [2.05, 4.69) is 20.6 Å². The van der Waals surface area contributed by atoms with Crippen LogP contribution in [-0.4, -0.2) is 25.9 Å². The predicted molar refractivity (Wildman–Crippen MR) is 66.4 cm³/mol. The van der Waals surface area contributed by atoms with Crippen LogP contribution in [-0.2, 0) is 11.8 Å². The van der Waals surface area contributed by atoms with Crippen molar-refractivity contribution < 1.29 is 4.79 Å². The number of hydrogen-bond donors (Lipinski definition) is 2. The number of carbonyl (C=O) groups is 1. The van der Waals surface area contributed by atoms with Gasteiger partial charge in [0.25, 0.3) is 0 Å². The van der Waals surface area contributed by atoms with E-state index in [1.807, 2.05) is 31.8 Å². The molecule has 1 unspecified atom stereocenters. The highest BCUT2D eigenvalue weighted by atomic mass is 16.1. The second-order valence-electron chi connectivity index (χ2n) is 4.72. The molecule has 2 aromatic rings. The van der Waals surface area contributed by atoms with Gasteiger partial charge in [-0.25, -0.2) is 0 Å². The number of carbonyl (C=O) groups excluding carboxylic acids is 1. The molecule has 1 aliphatic rings. The van der Waals surface area contributed by atoms with Crippen molar-refractivity contribution in [2.75, 3.05) is 5.32 Å². The summed E-state index contributed by atoms with van der Waals surface area (Å²) in [4.78, 5) is 11.7. The molecule has 94 valence electrons. The molecule has 0 saturated heterocycles. The van der Waals surface area contributed by atoms with E-state index in [0.29, 0.717) is 12.2 Å². The van der Waals surface area contributed by atoms with Crippen LogP contribution in [0.2, 0.25) is 0 Å². The minimum absolute atomic E-state index is 0.00209. The highest BCUT2D eigenvalue weighted by Gasteiger charge is 2.32. The number of nitrogens with one attached hydrogen (secondary N) is 2. The Morgan fingerprint density at radius 1 is 1.44 bits per heavy atom. The quantitative estimate of drug-likeness (QED) is 0.793. The minimum atomic E-state index is 0.00209. The summed E-state index contributed by atoms with van der Waals surface area (Å²) in [6.45, 7) is 3.99. The Hall–Kier alpha value is -2.11. The Morgan fingerprint density at radius 2 is 2.22 bits per heavy atom. The molecule has 18 heavy (non-hydrogen) atoms. The van der Waals surface area contributed by atoms with Crippen LogP contribution in [0.3, 0.4) is 0 Å². The Morgan fingerprint density at radius 3 is 2.89 bits per heavy atom. The van der Waals surface area contributed by atoms with Crippen molar-refractivity contribution in [3.05, 3.63) is 28.7 Å². The third-order valence-corrected chi connectivity index (χ3v) is 3.64. The maximum absolute atomic E-state index is 11.7. The zero-order valence-electron chi connectivity index (χ0n) is 10.6. The molecule has 0 fully saturated rings. The lowest BCUT2D eigenvalue weighted by Crippen LogP contribution is -2.23. The van der Waals surface area contributed by atoms with Crippen LogP contribution in [0.25, 0.3) is 0 Å². The maximum Gasteiger partial charge on any atom is 0.226 e. The first kappa shape index (κ1) is 11.0. The van der Waals surface area contributed by atoms with Crippen LogP contribution in [0.1, 0.15) is 34.9 Å². The molecule has 3 rings (SSSR count). The third-order valence-electron chi connectivity index (χ3n) is 3.64. The van der Waals surface area contributed by atoms with Crippen LogP contribution in [0.15, 0.2) is 6.20 Å². The van der Waals surface area contributed by atoms with Crippen LogP contribution < -0.4 is 5.32 Å². The van der Waals surface area contributed by atoms with Crippen LogP contribution in [0, 0.1) is 13.8 Å². The molecule has 0 bridgehead atoms. The van der Waals surface area contributed by atoms with Crippen molar-refractivity contribution in [3.8, 4) is 0 Å². The van der Waals surface area contributed by atoms with Crippen molar-refractivity contribution in [2.45, 2.75) is 26.2 Å². The number of aromatic amines is 1. The Balaban J connectivity index is 2.15. The molecule has 1 atom stereocenters. The highest BCUT2D eigenvalue weighted by Crippen LogP contribution is 2.38. The van der Waals surface area contributed by atoms with E-state index in [9.17, 15) is 4.79 Å². The Kier molecular flexibility index (Phi) is 2.26. The van der Waals surface area contributed by atoms with Gasteiger partial charge in [0.2, 0.25) is 5.91 Å². The summed E-state index contributed by atoms with van der Waals surface area (Å²) in [6.07, 6.45) is 2.29. The first-order valence-electron chi connectivity index (χ1n) is 5.91. The van der Waals surface area contributed by atoms with Gasteiger partial charge in [0, 0.05) is 41.9 Å². The number of H-pyrrole nitrogens is 1. The van der Waals surface area contributed by atoms with Crippen molar-refractivity contribution >= 4 is 11.7 Å². The van der Waals surface area contributed by atoms with E-state index in [4.69, 9.17) is 0 Å². The summed E-state index contributed by atoms with van der Waals surface area (Å²) >= 11 is 0. The first-order valence-corrected chi connectivity index (χ1v) is 5.91. The molecule has 0 saturated carbocycles. The Labute approximate surface area is 104 Å². The smallest absolute Gasteiger partial charge is 0.226 e. The number of aromatic nitrogens is 4. The number of nitrogens with zero attached hydrogens (tertiary/aromatic N) is 3. The summed E-state index contributed by atoms with van der Waals surface area (Å²) < 4.78 is 1.83. The van der Waals surface area contributed by atoms with Crippen LogP contribution >= 0.6 is 0 Å². The molecular weight excluding hydrogens is 230 g/mol. The molecule has 3 heterocycles. The predicted octanol–water partition coefficient (Wildman–Crippen LogP) is 1.23. The third kappa shape index (κ3) is 1.45. The van der Waals surface area contributed by atoms with E-state index in [1.54, 1.807) is 0 Å². The molecule has 0 aromatic carbocycles. The van der Waals surface area contributed by atoms with E-state index in [0.717, 1.165) is 22.5 Å². The van der Waals surface area contributed by atoms with Crippen molar-refractivity contribution in [2.24, 2.45) is 7.05 Å². The lowest BCUT2D eigenvalue weighted by Gasteiger charge is -2.22. The zero-order chi connectivity index (χ0) is 12.9. The molecule has 2 N–H and O–H groups in total. The SMILES string of the molecule is Cc1[nH]nc2c1C(c1cnn(C)c1C)CC(=O)N2. The van der Waals surface area contributed by atoms with E-state index >= 15 is 0 Å². The zero-order valence-corrected chi connectivity index (χ0v) is 10.6.